The topological polar surface area (TPSA) is 26.0 Å². The highest BCUT2D eigenvalue weighted by atomic mass is 32.2. The second kappa shape index (κ2) is 5.26. The normalized spacial score (nSPS) is 33.9. The lowest BCUT2D eigenvalue weighted by Crippen LogP contribution is -2.36. The first-order valence-electron chi connectivity index (χ1n) is 5.48. The van der Waals surface area contributed by atoms with Gasteiger partial charge in [0.25, 0.3) is 0 Å². The summed E-state index contributed by atoms with van der Waals surface area (Å²) in [5, 5.41) is 0. The van der Waals surface area contributed by atoms with E-state index in [9.17, 15) is 0 Å². The van der Waals surface area contributed by atoms with E-state index in [1.54, 1.807) is 0 Å². The molecule has 0 radical (unpaired) electrons. The van der Waals surface area contributed by atoms with Gasteiger partial charge in [-0.2, -0.15) is 11.8 Å². The molecule has 1 saturated carbocycles. The molecule has 1 fully saturated rings. The maximum absolute atomic E-state index is 6.36. The molecule has 0 amide bonds. The molecular weight excluding hydrogens is 178 g/mol. The average Bonchev–Trinajstić information content (AvgIpc) is 2.49. The molecule has 1 aliphatic carbocycles. The smallest absolute Gasteiger partial charge is 0.0157 e. The van der Waals surface area contributed by atoms with Crippen molar-refractivity contribution >= 4 is 11.8 Å². The van der Waals surface area contributed by atoms with Crippen LogP contribution in [0.3, 0.4) is 0 Å². The summed E-state index contributed by atoms with van der Waals surface area (Å²) in [6, 6.07) is 0. The summed E-state index contributed by atoms with van der Waals surface area (Å²) in [7, 11) is 0. The molecule has 0 spiro atoms. The van der Waals surface area contributed by atoms with Gasteiger partial charge in [-0.05, 0) is 50.0 Å². The minimum atomic E-state index is 0.205. The van der Waals surface area contributed by atoms with Crippen LogP contribution in [0.4, 0.5) is 0 Å². The Morgan fingerprint density at radius 3 is 2.85 bits per heavy atom. The van der Waals surface area contributed by atoms with E-state index in [1.807, 2.05) is 11.8 Å². The summed E-state index contributed by atoms with van der Waals surface area (Å²) in [6.45, 7) is 2.29. The summed E-state index contributed by atoms with van der Waals surface area (Å²) in [4.78, 5) is 0. The maximum Gasteiger partial charge on any atom is 0.0157 e. The molecule has 0 saturated heterocycles. The Kier molecular flexibility index (Phi) is 4.60. The molecule has 2 heteroatoms. The lowest BCUT2D eigenvalue weighted by atomic mass is 9.91. The van der Waals surface area contributed by atoms with Crippen molar-refractivity contribution in [2.24, 2.45) is 11.7 Å². The van der Waals surface area contributed by atoms with Crippen LogP contribution in [0, 0.1) is 5.92 Å². The van der Waals surface area contributed by atoms with Crippen LogP contribution in [0.15, 0.2) is 0 Å². The van der Waals surface area contributed by atoms with E-state index in [1.165, 1.54) is 44.3 Å². The molecule has 1 rings (SSSR count). The fourth-order valence-corrected chi connectivity index (χ4v) is 2.85. The third kappa shape index (κ3) is 3.51. The predicted octanol–water partition coefficient (Wildman–Crippen LogP) is 3.04. The van der Waals surface area contributed by atoms with Gasteiger partial charge in [-0.25, -0.2) is 0 Å². The first-order valence-corrected chi connectivity index (χ1v) is 6.87. The predicted molar refractivity (Wildman–Crippen MR) is 62.2 cm³/mol. The van der Waals surface area contributed by atoms with Crippen LogP contribution >= 0.6 is 11.8 Å². The van der Waals surface area contributed by atoms with E-state index in [-0.39, 0.29) is 5.54 Å². The second-order valence-corrected chi connectivity index (χ2v) is 5.46. The standard InChI is InChI=1S/C11H23NS/c1-3-10-5-7-11(12,9-10)6-4-8-13-2/h10H,3-9,12H2,1-2H3. The summed E-state index contributed by atoms with van der Waals surface area (Å²) in [5.41, 5.74) is 6.56. The molecular formula is C11H23NS. The number of hydrogen-bond donors (Lipinski definition) is 1. The average molecular weight is 201 g/mol. The highest BCUT2D eigenvalue weighted by Crippen LogP contribution is 2.37. The summed E-state index contributed by atoms with van der Waals surface area (Å²) < 4.78 is 0. The SMILES string of the molecule is CCC1CCC(N)(CCCSC)C1. The van der Waals surface area contributed by atoms with Crippen molar-refractivity contribution in [3.8, 4) is 0 Å². The van der Waals surface area contributed by atoms with Gasteiger partial charge < -0.3 is 5.73 Å². The monoisotopic (exact) mass is 201 g/mol. The van der Waals surface area contributed by atoms with Gasteiger partial charge in [-0.1, -0.05) is 13.3 Å². The Morgan fingerprint density at radius 2 is 2.31 bits per heavy atom. The molecule has 0 heterocycles. The van der Waals surface area contributed by atoms with Crippen LogP contribution < -0.4 is 5.73 Å². The molecule has 13 heavy (non-hydrogen) atoms. The highest BCUT2D eigenvalue weighted by molar-refractivity contribution is 7.98. The van der Waals surface area contributed by atoms with E-state index < -0.39 is 0 Å². The van der Waals surface area contributed by atoms with Crippen molar-refractivity contribution in [3.63, 3.8) is 0 Å². The molecule has 0 aromatic carbocycles. The van der Waals surface area contributed by atoms with Crippen LogP contribution in [0.25, 0.3) is 0 Å². The van der Waals surface area contributed by atoms with Crippen LogP contribution in [-0.2, 0) is 0 Å². The van der Waals surface area contributed by atoms with Gasteiger partial charge in [0.05, 0.1) is 0 Å². The van der Waals surface area contributed by atoms with Crippen LogP contribution in [0.1, 0.15) is 45.4 Å². The number of nitrogens with two attached hydrogens (primary N) is 1. The molecule has 2 atom stereocenters. The van der Waals surface area contributed by atoms with Gasteiger partial charge in [-0.3, -0.25) is 0 Å². The fourth-order valence-electron chi connectivity index (χ4n) is 2.41. The molecule has 0 aliphatic heterocycles. The van der Waals surface area contributed by atoms with Crippen molar-refractivity contribution in [2.45, 2.75) is 51.0 Å². The Bertz CT molecular complexity index is 149. The van der Waals surface area contributed by atoms with Crippen molar-refractivity contribution in [3.05, 3.63) is 0 Å². The minimum Gasteiger partial charge on any atom is -0.325 e. The van der Waals surface area contributed by atoms with E-state index >= 15 is 0 Å². The van der Waals surface area contributed by atoms with E-state index in [4.69, 9.17) is 5.73 Å². The lowest BCUT2D eigenvalue weighted by Gasteiger charge is -2.23. The molecule has 78 valence electrons. The first-order chi connectivity index (χ1) is 6.20. The molecule has 2 N–H and O–H groups in total. The third-order valence-electron chi connectivity index (χ3n) is 3.35. The van der Waals surface area contributed by atoms with E-state index in [0.29, 0.717) is 0 Å². The van der Waals surface area contributed by atoms with Crippen molar-refractivity contribution in [1.29, 1.82) is 0 Å². The molecule has 0 bridgehead atoms. The Labute approximate surface area is 86.8 Å². The quantitative estimate of drug-likeness (QED) is 0.692. The van der Waals surface area contributed by atoms with Crippen molar-refractivity contribution < 1.29 is 0 Å². The van der Waals surface area contributed by atoms with Gasteiger partial charge in [-0.15, -0.1) is 0 Å². The second-order valence-electron chi connectivity index (χ2n) is 4.48. The highest BCUT2D eigenvalue weighted by Gasteiger charge is 2.33. The van der Waals surface area contributed by atoms with Crippen molar-refractivity contribution in [2.75, 3.05) is 12.0 Å². The van der Waals surface area contributed by atoms with Gasteiger partial charge >= 0.3 is 0 Å². The van der Waals surface area contributed by atoms with Crippen LogP contribution in [-0.4, -0.2) is 17.5 Å². The Hall–Kier alpha value is 0.310. The molecule has 0 aromatic heterocycles. The molecule has 0 aromatic rings. The van der Waals surface area contributed by atoms with E-state index in [0.717, 1.165) is 5.92 Å². The van der Waals surface area contributed by atoms with Gasteiger partial charge in [0, 0.05) is 5.54 Å². The van der Waals surface area contributed by atoms with Crippen LogP contribution in [0.5, 0.6) is 0 Å². The maximum atomic E-state index is 6.36. The van der Waals surface area contributed by atoms with Crippen LogP contribution in [0.2, 0.25) is 0 Å². The first kappa shape index (κ1) is 11.4. The third-order valence-corrected chi connectivity index (χ3v) is 4.04. The Morgan fingerprint density at radius 1 is 1.54 bits per heavy atom. The Balaban J connectivity index is 2.23. The summed E-state index contributed by atoms with van der Waals surface area (Å²) in [6.07, 6.45) is 9.94. The largest absolute Gasteiger partial charge is 0.325 e. The molecule has 2 unspecified atom stereocenters. The van der Waals surface area contributed by atoms with Gasteiger partial charge in [0.1, 0.15) is 0 Å². The minimum absolute atomic E-state index is 0.205. The van der Waals surface area contributed by atoms with Crippen molar-refractivity contribution in [1.82, 2.24) is 0 Å². The van der Waals surface area contributed by atoms with Gasteiger partial charge in [0.15, 0.2) is 0 Å². The van der Waals surface area contributed by atoms with Gasteiger partial charge in [0.2, 0.25) is 0 Å². The summed E-state index contributed by atoms with van der Waals surface area (Å²) in [5.74, 6) is 2.19. The number of hydrogen-bond acceptors (Lipinski definition) is 2. The molecule has 1 nitrogen and oxygen atoms in total. The number of rotatable bonds is 5. The lowest BCUT2D eigenvalue weighted by molar-refractivity contribution is 0.380. The zero-order valence-corrected chi connectivity index (χ0v) is 9.83. The molecule has 1 aliphatic rings. The fraction of sp³-hybridized carbons (Fsp3) is 1.00. The number of thioether (sulfide) groups is 1. The summed E-state index contributed by atoms with van der Waals surface area (Å²) >= 11 is 1.93. The zero-order chi connectivity index (χ0) is 9.73. The zero-order valence-electron chi connectivity index (χ0n) is 9.01. The van der Waals surface area contributed by atoms with E-state index in [2.05, 4.69) is 13.2 Å².